The van der Waals surface area contributed by atoms with Crippen LogP contribution in [0.4, 0.5) is 0 Å². The lowest BCUT2D eigenvalue weighted by Crippen LogP contribution is -2.35. The van der Waals surface area contributed by atoms with Crippen molar-refractivity contribution in [1.82, 2.24) is 15.0 Å². The van der Waals surface area contributed by atoms with Gasteiger partial charge in [0.15, 0.2) is 5.82 Å². The van der Waals surface area contributed by atoms with Crippen LogP contribution in [0.2, 0.25) is 0 Å². The van der Waals surface area contributed by atoms with Gasteiger partial charge in [0, 0.05) is 18.7 Å². The monoisotopic (exact) mass is 287 g/mol. The summed E-state index contributed by atoms with van der Waals surface area (Å²) >= 11 is 0. The van der Waals surface area contributed by atoms with Crippen LogP contribution in [0.1, 0.15) is 25.1 Å². The predicted octanol–water partition coefficient (Wildman–Crippen LogP) is 2.33. The molecule has 1 N–H and O–H groups in total. The molecule has 2 heterocycles. The highest BCUT2D eigenvalue weighted by atomic mass is 16.5. The van der Waals surface area contributed by atoms with Crippen molar-refractivity contribution in [2.45, 2.75) is 25.8 Å². The summed E-state index contributed by atoms with van der Waals surface area (Å²) in [6.45, 7) is 3.07. The molecule has 0 bridgehead atoms. The van der Waals surface area contributed by atoms with Crippen LogP contribution >= 0.6 is 0 Å². The van der Waals surface area contributed by atoms with Gasteiger partial charge in [0.2, 0.25) is 0 Å². The fraction of sp³-hybridized carbons (Fsp3) is 0.500. The van der Waals surface area contributed by atoms with E-state index in [1.165, 1.54) is 12.8 Å². The minimum absolute atomic E-state index is 0.277. The molecule has 112 valence electrons. The van der Waals surface area contributed by atoms with Crippen molar-refractivity contribution in [2.24, 2.45) is 5.92 Å². The molecule has 1 saturated heterocycles. The molecule has 3 rings (SSSR count). The van der Waals surface area contributed by atoms with Crippen molar-refractivity contribution < 1.29 is 9.63 Å². The zero-order valence-electron chi connectivity index (χ0n) is 12.1. The maximum atomic E-state index is 9.07. The SMILES string of the molecule is OCCC1CCCN(Cc2noc(-c3ccccc3)n2)C1. The van der Waals surface area contributed by atoms with Crippen LogP contribution in [-0.2, 0) is 6.54 Å². The minimum Gasteiger partial charge on any atom is -0.396 e. The summed E-state index contributed by atoms with van der Waals surface area (Å²) in [6.07, 6.45) is 3.27. The Bertz CT molecular complexity index is 554. The van der Waals surface area contributed by atoms with Crippen LogP contribution in [0.5, 0.6) is 0 Å². The van der Waals surface area contributed by atoms with E-state index in [-0.39, 0.29) is 6.61 Å². The number of hydrogen-bond donors (Lipinski definition) is 1. The summed E-state index contributed by atoms with van der Waals surface area (Å²) in [5.41, 5.74) is 0.952. The number of nitrogens with zero attached hydrogens (tertiary/aromatic N) is 3. The van der Waals surface area contributed by atoms with Gasteiger partial charge < -0.3 is 9.63 Å². The molecule has 1 aromatic carbocycles. The highest BCUT2D eigenvalue weighted by Crippen LogP contribution is 2.21. The molecule has 1 aromatic heterocycles. The average molecular weight is 287 g/mol. The predicted molar refractivity (Wildman–Crippen MR) is 79.4 cm³/mol. The lowest BCUT2D eigenvalue weighted by atomic mass is 9.95. The van der Waals surface area contributed by atoms with E-state index in [1.807, 2.05) is 30.3 Å². The molecule has 1 fully saturated rings. The van der Waals surface area contributed by atoms with Crippen LogP contribution in [0.25, 0.3) is 11.5 Å². The first-order chi connectivity index (χ1) is 10.3. The first-order valence-electron chi connectivity index (χ1n) is 7.56. The molecule has 1 aliphatic rings. The summed E-state index contributed by atoms with van der Waals surface area (Å²) in [6, 6.07) is 9.83. The Morgan fingerprint density at radius 2 is 2.14 bits per heavy atom. The Kier molecular flexibility index (Phi) is 4.62. The van der Waals surface area contributed by atoms with E-state index in [1.54, 1.807) is 0 Å². The summed E-state index contributed by atoms with van der Waals surface area (Å²) in [7, 11) is 0. The number of piperidine rings is 1. The number of aromatic nitrogens is 2. The molecule has 1 aliphatic heterocycles. The maximum absolute atomic E-state index is 9.07. The molecule has 2 aromatic rings. The molecule has 0 radical (unpaired) electrons. The molecule has 21 heavy (non-hydrogen) atoms. The number of likely N-dealkylation sites (tertiary alicyclic amines) is 1. The van der Waals surface area contributed by atoms with Gasteiger partial charge in [0.25, 0.3) is 5.89 Å². The van der Waals surface area contributed by atoms with E-state index >= 15 is 0 Å². The average Bonchev–Trinajstić information content (AvgIpc) is 2.97. The van der Waals surface area contributed by atoms with Crippen LogP contribution in [-0.4, -0.2) is 39.8 Å². The fourth-order valence-corrected chi connectivity index (χ4v) is 2.93. The van der Waals surface area contributed by atoms with Crippen LogP contribution < -0.4 is 0 Å². The highest BCUT2D eigenvalue weighted by molar-refractivity contribution is 5.51. The molecule has 1 unspecified atom stereocenters. The number of aliphatic hydroxyl groups is 1. The second kappa shape index (κ2) is 6.83. The third-order valence-corrected chi connectivity index (χ3v) is 3.99. The summed E-state index contributed by atoms with van der Waals surface area (Å²) in [4.78, 5) is 6.83. The van der Waals surface area contributed by atoms with Gasteiger partial charge in [0.05, 0.1) is 6.54 Å². The molecule has 0 spiro atoms. The standard InChI is InChI=1S/C16H21N3O2/c20-10-8-13-5-4-9-19(11-13)12-15-17-16(21-18-15)14-6-2-1-3-7-14/h1-3,6-7,13,20H,4-5,8-12H2. The van der Waals surface area contributed by atoms with Crippen molar-refractivity contribution in [3.63, 3.8) is 0 Å². The zero-order valence-corrected chi connectivity index (χ0v) is 12.1. The van der Waals surface area contributed by atoms with E-state index in [4.69, 9.17) is 9.63 Å². The summed E-state index contributed by atoms with van der Waals surface area (Å²) < 4.78 is 5.34. The minimum atomic E-state index is 0.277. The third kappa shape index (κ3) is 3.68. The molecule has 1 atom stereocenters. The van der Waals surface area contributed by atoms with Gasteiger partial charge in [-0.15, -0.1) is 0 Å². The van der Waals surface area contributed by atoms with Gasteiger partial charge in [-0.1, -0.05) is 23.4 Å². The molecular weight excluding hydrogens is 266 g/mol. The Labute approximate surface area is 124 Å². The molecular formula is C16H21N3O2. The topological polar surface area (TPSA) is 62.4 Å². The van der Waals surface area contributed by atoms with Crippen molar-refractivity contribution in [1.29, 1.82) is 0 Å². The van der Waals surface area contributed by atoms with Crippen molar-refractivity contribution in [3.05, 3.63) is 36.2 Å². The maximum Gasteiger partial charge on any atom is 0.257 e. The van der Waals surface area contributed by atoms with Gasteiger partial charge in [-0.25, -0.2) is 0 Å². The quantitative estimate of drug-likeness (QED) is 0.914. The molecule has 5 nitrogen and oxygen atoms in total. The number of hydrogen-bond acceptors (Lipinski definition) is 5. The second-order valence-corrected chi connectivity index (χ2v) is 5.64. The second-order valence-electron chi connectivity index (χ2n) is 5.64. The van der Waals surface area contributed by atoms with E-state index in [0.717, 1.165) is 37.4 Å². The van der Waals surface area contributed by atoms with E-state index in [2.05, 4.69) is 15.0 Å². The highest BCUT2D eigenvalue weighted by Gasteiger charge is 2.21. The molecule has 0 amide bonds. The lowest BCUT2D eigenvalue weighted by Gasteiger charge is -2.31. The van der Waals surface area contributed by atoms with Crippen LogP contribution in [0.15, 0.2) is 34.9 Å². The third-order valence-electron chi connectivity index (χ3n) is 3.99. The first-order valence-corrected chi connectivity index (χ1v) is 7.56. The van der Waals surface area contributed by atoms with Crippen LogP contribution in [0.3, 0.4) is 0 Å². The Hall–Kier alpha value is -1.72. The largest absolute Gasteiger partial charge is 0.396 e. The Morgan fingerprint density at radius 3 is 2.95 bits per heavy atom. The van der Waals surface area contributed by atoms with E-state index < -0.39 is 0 Å². The van der Waals surface area contributed by atoms with E-state index in [0.29, 0.717) is 11.8 Å². The van der Waals surface area contributed by atoms with Gasteiger partial charge in [-0.3, -0.25) is 4.90 Å². The first kappa shape index (κ1) is 14.2. The van der Waals surface area contributed by atoms with Gasteiger partial charge in [-0.05, 0) is 43.9 Å². The number of benzene rings is 1. The Morgan fingerprint density at radius 1 is 1.29 bits per heavy atom. The van der Waals surface area contributed by atoms with Crippen molar-refractivity contribution in [3.8, 4) is 11.5 Å². The van der Waals surface area contributed by atoms with Crippen molar-refractivity contribution >= 4 is 0 Å². The van der Waals surface area contributed by atoms with Gasteiger partial charge in [-0.2, -0.15) is 4.98 Å². The smallest absolute Gasteiger partial charge is 0.257 e. The molecule has 0 aliphatic carbocycles. The van der Waals surface area contributed by atoms with E-state index in [9.17, 15) is 0 Å². The fourth-order valence-electron chi connectivity index (χ4n) is 2.93. The summed E-state index contributed by atoms with van der Waals surface area (Å²) in [5, 5.41) is 13.1. The van der Waals surface area contributed by atoms with Crippen molar-refractivity contribution in [2.75, 3.05) is 19.7 Å². The number of rotatable bonds is 5. The summed E-state index contributed by atoms with van der Waals surface area (Å²) in [5.74, 6) is 1.90. The van der Waals surface area contributed by atoms with Crippen LogP contribution in [0, 0.1) is 5.92 Å². The normalized spacial score (nSPS) is 19.8. The Balaban J connectivity index is 1.62. The molecule has 0 saturated carbocycles. The van der Waals surface area contributed by atoms with Gasteiger partial charge >= 0.3 is 0 Å². The number of aliphatic hydroxyl groups excluding tert-OH is 1. The van der Waals surface area contributed by atoms with Gasteiger partial charge in [0.1, 0.15) is 0 Å². The zero-order chi connectivity index (χ0) is 14.5. The lowest BCUT2D eigenvalue weighted by molar-refractivity contribution is 0.139. The molecule has 5 heteroatoms.